The molecule has 6 amide bonds. The first kappa shape index (κ1) is 74.4. The van der Waals surface area contributed by atoms with Crippen LogP contribution in [0.15, 0.2) is 66.6 Å². The van der Waals surface area contributed by atoms with Crippen LogP contribution in [0.3, 0.4) is 0 Å². The third-order valence-electron chi connectivity index (χ3n) is 21.2. The first-order chi connectivity index (χ1) is 48.2. The standard InChI is InChI=1S/C38H52FN7O6.C37H49FN6O6/c1-23(2)45(24(3)4)34(47)28-17-25(39)9-12-30(28)51-31-19-40-22-41-33(31)44-20-38(21-44)13-15-43(16-14-38)35(48)32-27-11-10-26(18-29(27)42-50-8)46(32)36(49)52-37(5,6)7;1-22(2)43(23(3)4)33(46)27-16-24(38)8-11-29(27)49-30-18-39-21-40-32(30)42-19-37(20-42)12-14-41(15-13-37)34(47)31-26-10-9-25(17-28(26)45)44(31)35(48)50-36(5,6)7/h9,12,17,19,22-24,26-27,32H,10-11,13-16,18,20-21H2,1-8H3;8,11,16,18,21-23,25-26,31H,9-10,12-15,17,19-20H2,1-7H3/t26-,27+,32-;25-,26+,31-/m00/s1. The van der Waals surface area contributed by atoms with Crippen molar-refractivity contribution in [2.75, 3.05) is 69.3 Å². The van der Waals surface area contributed by atoms with E-state index in [0.29, 0.717) is 94.8 Å². The van der Waals surface area contributed by atoms with E-state index >= 15 is 0 Å². The SMILES string of the molecule is CC(C)N(C(=O)c1cc(F)ccc1Oc1cncnc1N1CC2(CCN(C(=O)[C@@H]3[C@@H]4CC[C@@H](CC4=O)N3C(=O)OC(C)(C)C)CC2)C1)C(C)C.CON=C1C[C@@H]2CC[C@H]1[C@@H](C(=O)N1CCC3(CC1)CN(c1ncncc1Oc1ccc(F)cc1C(=O)N(C(C)C)C(C)C)C3)N2C(=O)OC(C)(C)C. The lowest BCUT2D eigenvalue weighted by molar-refractivity contribution is -0.155. The number of amides is 6. The van der Waals surface area contributed by atoms with Gasteiger partial charge in [0, 0.05) is 124 Å². The van der Waals surface area contributed by atoms with E-state index in [1.807, 2.05) is 86.0 Å². The number of nitrogens with zero attached hydrogens (tertiary/aromatic N) is 13. The van der Waals surface area contributed by atoms with E-state index in [4.69, 9.17) is 23.8 Å². The number of benzene rings is 2. The number of likely N-dealkylation sites (tertiary alicyclic amines) is 2. The van der Waals surface area contributed by atoms with Crippen molar-refractivity contribution in [2.24, 2.45) is 27.8 Å². The lowest BCUT2D eigenvalue weighted by Gasteiger charge is -2.56. The number of ketones is 1. The Kier molecular flexibility index (Phi) is 21.5. The number of Topliss-reactive ketones (excluding diaryl/α,β-unsaturated/α-hetero) is 1. The third kappa shape index (κ3) is 15.6. The van der Waals surface area contributed by atoms with Crippen LogP contribution in [0.4, 0.5) is 30.0 Å². The Bertz CT molecular complexity index is 3810. The van der Waals surface area contributed by atoms with Gasteiger partial charge in [-0.15, -0.1) is 0 Å². The minimum Gasteiger partial charge on any atom is -0.451 e. The molecule has 102 heavy (non-hydrogen) atoms. The second-order valence-corrected chi connectivity index (χ2v) is 32.0. The Morgan fingerprint density at radius 2 is 0.931 bits per heavy atom. The molecule has 552 valence electrons. The predicted octanol–water partition coefficient (Wildman–Crippen LogP) is 11.3. The van der Waals surface area contributed by atoms with E-state index < -0.39 is 53.0 Å². The molecular formula is C75H101F2N13O12. The van der Waals surface area contributed by atoms with Crippen molar-refractivity contribution in [3.63, 3.8) is 0 Å². The molecule has 27 heteroatoms. The summed E-state index contributed by atoms with van der Waals surface area (Å²) in [5.74, 6) is -0.281. The Balaban J connectivity index is 0.000000205. The van der Waals surface area contributed by atoms with Crippen LogP contribution >= 0.6 is 0 Å². The van der Waals surface area contributed by atoms with Gasteiger partial charge in [-0.25, -0.2) is 38.3 Å². The van der Waals surface area contributed by atoms with Crippen molar-refractivity contribution in [1.82, 2.24) is 49.3 Å². The number of rotatable bonds is 15. The van der Waals surface area contributed by atoms with E-state index in [2.05, 4.69) is 34.9 Å². The fourth-order valence-electron chi connectivity index (χ4n) is 16.6. The van der Waals surface area contributed by atoms with Crippen molar-refractivity contribution in [2.45, 2.75) is 221 Å². The van der Waals surface area contributed by atoms with Gasteiger partial charge in [-0.3, -0.25) is 33.8 Å². The lowest BCUT2D eigenvalue weighted by Crippen LogP contribution is -2.67. The number of hydrogen-bond acceptors (Lipinski definition) is 19. The molecule has 2 spiro atoms. The number of hydrogen-bond donors (Lipinski definition) is 0. The smallest absolute Gasteiger partial charge is 0.411 e. The minimum atomic E-state index is -0.825. The van der Waals surface area contributed by atoms with E-state index in [1.165, 1.54) is 56.2 Å². The molecule has 14 rings (SSSR count). The summed E-state index contributed by atoms with van der Waals surface area (Å²) >= 11 is 0. The maximum absolute atomic E-state index is 14.5. The number of carbonyl (C=O) groups is 7. The molecule has 6 atom stereocenters. The number of halogens is 2. The molecule has 8 aliphatic heterocycles. The van der Waals surface area contributed by atoms with E-state index in [0.717, 1.165) is 44.2 Å². The normalized spacial score (nSPS) is 23.1. The van der Waals surface area contributed by atoms with Crippen molar-refractivity contribution in [3.05, 3.63) is 84.2 Å². The van der Waals surface area contributed by atoms with Crippen LogP contribution in [-0.2, 0) is 28.7 Å². The number of aromatic nitrogens is 4. The number of fused-ring (bicyclic) bond motifs is 6. The summed E-state index contributed by atoms with van der Waals surface area (Å²) in [6, 6.07) is 5.49. The zero-order valence-corrected chi connectivity index (χ0v) is 61.7. The summed E-state index contributed by atoms with van der Waals surface area (Å²) in [6.45, 7) is 31.2. The van der Waals surface area contributed by atoms with Crippen LogP contribution in [0.1, 0.15) is 182 Å². The number of piperidine rings is 6. The van der Waals surface area contributed by atoms with Crippen molar-refractivity contribution >= 4 is 58.9 Å². The first-order valence-electron chi connectivity index (χ1n) is 36.1. The fourth-order valence-corrected chi connectivity index (χ4v) is 16.6. The van der Waals surface area contributed by atoms with Crippen LogP contribution in [0.25, 0.3) is 0 Å². The molecule has 10 fully saturated rings. The second kappa shape index (κ2) is 29.5. The van der Waals surface area contributed by atoms with Crippen molar-refractivity contribution in [1.29, 1.82) is 0 Å². The Labute approximate surface area is 596 Å². The van der Waals surface area contributed by atoms with Crippen molar-refractivity contribution < 1.29 is 66.1 Å². The summed E-state index contributed by atoms with van der Waals surface area (Å²) < 4.78 is 52.9. The molecule has 8 saturated heterocycles. The van der Waals surface area contributed by atoms with Crippen LogP contribution in [0.5, 0.6) is 23.0 Å². The van der Waals surface area contributed by atoms with Gasteiger partial charge in [0.1, 0.15) is 72.0 Å². The molecule has 0 N–H and O–H groups in total. The quantitative estimate of drug-likeness (QED) is 0.100. The average Bonchev–Trinajstić information content (AvgIpc) is 0.749. The molecule has 4 aromatic rings. The van der Waals surface area contributed by atoms with Gasteiger partial charge in [-0.1, -0.05) is 5.16 Å². The Hall–Kier alpha value is -8.78. The van der Waals surface area contributed by atoms with Gasteiger partial charge in [-0.2, -0.15) is 0 Å². The maximum atomic E-state index is 14.5. The van der Waals surface area contributed by atoms with Gasteiger partial charge >= 0.3 is 12.2 Å². The fraction of sp³-hybridized carbons (Fsp3) is 0.627. The largest absolute Gasteiger partial charge is 0.451 e. The summed E-state index contributed by atoms with van der Waals surface area (Å²) in [5.41, 5.74) is -0.383. The van der Waals surface area contributed by atoms with Gasteiger partial charge in [0.15, 0.2) is 23.1 Å². The monoisotopic (exact) mass is 1410 g/mol. The van der Waals surface area contributed by atoms with Crippen LogP contribution in [0.2, 0.25) is 0 Å². The summed E-state index contributed by atoms with van der Waals surface area (Å²) in [5, 5.41) is 4.27. The highest BCUT2D eigenvalue weighted by Crippen LogP contribution is 2.49. The van der Waals surface area contributed by atoms with Gasteiger partial charge < -0.3 is 53.2 Å². The summed E-state index contributed by atoms with van der Waals surface area (Å²) in [6.07, 6.45) is 11.8. The van der Waals surface area contributed by atoms with Crippen LogP contribution in [0, 0.1) is 34.3 Å². The van der Waals surface area contributed by atoms with Gasteiger partial charge in [-0.05, 0) is 185 Å². The Morgan fingerprint density at radius 3 is 1.30 bits per heavy atom. The predicted molar refractivity (Wildman–Crippen MR) is 376 cm³/mol. The van der Waals surface area contributed by atoms with Gasteiger partial charge in [0.05, 0.1) is 29.2 Å². The summed E-state index contributed by atoms with van der Waals surface area (Å²) in [7, 11) is 1.51. The molecule has 2 saturated carbocycles. The number of anilines is 2. The van der Waals surface area contributed by atoms with E-state index in [1.54, 1.807) is 52.8 Å². The minimum absolute atomic E-state index is 0.0237. The van der Waals surface area contributed by atoms with E-state index in [9.17, 15) is 42.3 Å². The molecule has 0 radical (unpaired) electrons. The molecule has 25 nitrogen and oxygen atoms in total. The molecule has 4 bridgehead atoms. The Morgan fingerprint density at radius 1 is 0.549 bits per heavy atom. The topological polar surface area (TPSA) is 255 Å². The molecule has 2 aliphatic carbocycles. The highest BCUT2D eigenvalue weighted by molar-refractivity contribution is 6.00. The van der Waals surface area contributed by atoms with Crippen molar-refractivity contribution in [3.8, 4) is 23.0 Å². The molecule has 10 heterocycles. The lowest BCUT2D eigenvalue weighted by atomic mass is 9.70. The number of oxime groups is 1. The molecular weight excluding hydrogens is 1310 g/mol. The highest BCUT2D eigenvalue weighted by atomic mass is 19.1. The second-order valence-electron chi connectivity index (χ2n) is 32.0. The average molecular weight is 1410 g/mol. The zero-order chi connectivity index (χ0) is 73.7. The number of ether oxygens (including phenoxy) is 4. The van der Waals surface area contributed by atoms with Gasteiger partial charge in [0.25, 0.3) is 11.8 Å². The number of carbonyl (C=O) groups excluding carboxylic acids is 7. The molecule has 0 unspecified atom stereocenters. The maximum Gasteiger partial charge on any atom is 0.411 e. The van der Waals surface area contributed by atoms with Crippen LogP contribution < -0.4 is 19.3 Å². The summed E-state index contributed by atoms with van der Waals surface area (Å²) in [4.78, 5) is 132. The highest BCUT2D eigenvalue weighted by Gasteiger charge is 2.57. The molecule has 10 aliphatic rings. The zero-order valence-electron chi connectivity index (χ0n) is 61.7. The van der Waals surface area contributed by atoms with Gasteiger partial charge in [0.2, 0.25) is 11.8 Å². The third-order valence-corrected chi connectivity index (χ3v) is 21.2. The van der Waals surface area contributed by atoms with E-state index in [-0.39, 0.29) is 111 Å². The first-order valence-corrected chi connectivity index (χ1v) is 36.1. The molecule has 2 aromatic heterocycles. The van der Waals surface area contributed by atoms with Crippen LogP contribution in [-0.4, -0.2) is 216 Å². The molecule has 2 aromatic carbocycles.